The summed E-state index contributed by atoms with van der Waals surface area (Å²) in [4.78, 5) is 32.2. The molecule has 2 rings (SSSR count). The maximum absolute atomic E-state index is 11.8. The molecular formula is C17H30O6. The third kappa shape index (κ3) is 3.40. The van der Waals surface area contributed by atoms with Crippen molar-refractivity contribution in [2.24, 2.45) is 22.2 Å². The lowest BCUT2D eigenvalue weighted by molar-refractivity contribution is -0.148. The minimum Gasteiger partial charge on any atom is -0.481 e. The smallest absolute Gasteiger partial charge is 0.306 e. The van der Waals surface area contributed by atoms with Gasteiger partial charge in [-0.1, -0.05) is 54.4 Å². The Hall–Kier alpha value is -0.690. The largest absolute Gasteiger partial charge is 0.481 e. The van der Waals surface area contributed by atoms with E-state index in [4.69, 9.17) is 19.6 Å². The summed E-state index contributed by atoms with van der Waals surface area (Å²) in [5, 5.41) is 9.68. The number of carboxylic acid groups (broad SMARTS) is 1. The number of unbranched alkanes of at least 4 members (excludes halogenated alkanes) is 1. The molecule has 134 valence electrons. The molecule has 2 fully saturated rings. The van der Waals surface area contributed by atoms with Crippen molar-refractivity contribution in [2.75, 3.05) is 0 Å². The third-order valence-electron chi connectivity index (χ3n) is 6.32. The molecule has 23 heavy (non-hydrogen) atoms. The van der Waals surface area contributed by atoms with Crippen LogP contribution in [0.2, 0.25) is 0 Å². The van der Waals surface area contributed by atoms with E-state index in [9.17, 15) is 9.90 Å². The minimum absolute atomic E-state index is 0.328. The summed E-state index contributed by atoms with van der Waals surface area (Å²) in [6.45, 7) is 12.4. The number of hydrogen-bond donors (Lipinski definition) is 1. The summed E-state index contributed by atoms with van der Waals surface area (Å²) in [5.41, 5.74) is -1.18. The molecule has 0 bridgehead atoms. The number of hydrogen-bond acceptors (Lipinski definition) is 5. The van der Waals surface area contributed by atoms with Gasteiger partial charge in [0.2, 0.25) is 12.6 Å². The third-order valence-corrected chi connectivity index (χ3v) is 6.32. The van der Waals surface area contributed by atoms with Crippen molar-refractivity contribution in [1.82, 2.24) is 0 Å². The van der Waals surface area contributed by atoms with Gasteiger partial charge in [-0.2, -0.15) is 19.6 Å². The molecule has 1 unspecified atom stereocenters. The zero-order chi connectivity index (χ0) is 17.5. The Kier molecular flexibility index (Phi) is 5.12. The molecule has 6 heteroatoms. The molecule has 6 nitrogen and oxygen atoms in total. The lowest BCUT2D eigenvalue weighted by atomic mass is 9.50. The second kappa shape index (κ2) is 6.31. The van der Waals surface area contributed by atoms with E-state index in [1.54, 1.807) is 0 Å². The van der Waals surface area contributed by atoms with E-state index in [-0.39, 0.29) is 23.4 Å². The zero-order valence-electron chi connectivity index (χ0n) is 15.0. The summed E-state index contributed by atoms with van der Waals surface area (Å²) >= 11 is 0. The summed E-state index contributed by atoms with van der Waals surface area (Å²) in [6, 6.07) is 0. The predicted octanol–water partition coefficient (Wildman–Crippen LogP) is 3.90. The molecule has 2 saturated heterocycles. The SMILES string of the molecule is CCCCC(CC(C)(C(C)(C)C1OO1)C(C)(C)C1OO1)C(=O)O. The van der Waals surface area contributed by atoms with Gasteiger partial charge in [0.05, 0.1) is 5.92 Å². The fourth-order valence-electron chi connectivity index (χ4n) is 3.67. The molecule has 1 atom stereocenters. The molecule has 0 spiro atoms. The Labute approximate surface area is 138 Å². The topological polar surface area (TPSA) is 87.4 Å². The van der Waals surface area contributed by atoms with E-state index in [1.165, 1.54) is 0 Å². The molecule has 0 aromatic heterocycles. The molecule has 2 aliphatic heterocycles. The van der Waals surface area contributed by atoms with Crippen molar-refractivity contribution in [3.8, 4) is 0 Å². The van der Waals surface area contributed by atoms with Gasteiger partial charge in [0.1, 0.15) is 0 Å². The highest BCUT2D eigenvalue weighted by molar-refractivity contribution is 5.70. The van der Waals surface area contributed by atoms with E-state index < -0.39 is 17.3 Å². The van der Waals surface area contributed by atoms with Crippen LogP contribution in [0.3, 0.4) is 0 Å². The van der Waals surface area contributed by atoms with Crippen LogP contribution in [0.1, 0.15) is 67.2 Å². The quantitative estimate of drug-likeness (QED) is 0.483. The van der Waals surface area contributed by atoms with E-state index in [2.05, 4.69) is 41.5 Å². The average Bonchev–Trinajstić information content (AvgIpc) is 3.30. The maximum atomic E-state index is 11.8. The van der Waals surface area contributed by atoms with Gasteiger partial charge < -0.3 is 5.11 Å². The first kappa shape index (κ1) is 18.6. The number of aliphatic carboxylic acids is 1. The zero-order valence-corrected chi connectivity index (χ0v) is 15.0. The van der Waals surface area contributed by atoms with Crippen LogP contribution in [0.4, 0.5) is 0 Å². The molecule has 0 aromatic carbocycles. The van der Waals surface area contributed by atoms with Gasteiger partial charge in [0, 0.05) is 10.8 Å². The lowest BCUT2D eigenvalue weighted by Gasteiger charge is -2.52. The predicted molar refractivity (Wildman–Crippen MR) is 82.9 cm³/mol. The number of carboxylic acids is 1. The lowest BCUT2D eigenvalue weighted by Crippen LogP contribution is -2.53. The maximum Gasteiger partial charge on any atom is 0.306 e. The first-order valence-corrected chi connectivity index (χ1v) is 8.45. The van der Waals surface area contributed by atoms with Crippen molar-refractivity contribution in [1.29, 1.82) is 0 Å². The normalized spacial score (nSPS) is 21.3. The fraction of sp³-hybridized carbons (Fsp3) is 0.941. The van der Waals surface area contributed by atoms with Crippen LogP contribution in [0.25, 0.3) is 0 Å². The standard InChI is InChI=1S/C17H30O6/c1-7-8-9-11(12(18)19)10-17(6,15(2,3)13-20-21-13)16(4,5)14-22-23-14/h11,13-14H,7-10H2,1-6H3,(H,18,19). The second-order valence-corrected chi connectivity index (χ2v) is 8.21. The first-order chi connectivity index (χ1) is 10.6. The Bertz CT molecular complexity index is 412. The summed E-state index contributed by atoms with van der Waals surface area (Å²) in [6.07, 6.45) is 2.43. The van der Waals surface area contributed by atoms with Gasteiger partial charge in [-0.3, -0.25) is 4.79 Å². The van der Waals surface area contributed by atoms with Crippen LogP contribution >= 0.6 is 0 Å². The van der Waals surface area contributed by atoms with Crippen molar-refractivity contribution in [3.05, 3.63) is 0 Å². The highest BCUT2D eigenvalue weighted by Gasteiger charge is 2.65. The average molecular weight is 330 g/mol. The molecule has 1 N–H and O–H groups in total. The Morgan fingerprint density at radius 2 is 1.43 bits per heavy atom. The molecule has 0 aromatic rings. The molecule has 0 aliphatic carbocycles. The van der Waals surface area contributed by atoms with Crippen LogP contribution in [0.5, 0.6) is 0 Å². The molecule has 2 heterocycles. The van der Waals surface area contributed by atoms with Crippen LogP contribution in [0, 0.1) is 22.2 Å². The summed E-state index contributed by atoms with van der Waals surface area (Å²) in [5.74, 6) is -1.15. The monoisotopic (exact) mass is 330 g/mol. The van der Waals surface area contributed by atoms with E-state index in [0.29, 0.717) is 12.8 Å². The van der Waals surface area contributed by atoms with Gasteiger partial charge in [0.25, 0.3) is 0 Å². The first-order valence-electron chi connectivity index (χ1n) is 8.45. The Morgan fingerprint density at radius 1 is 1.00 bits per heavy atom. The van der Waals surface area contributed by atoms with Gasteiger partial charge in [-0.15, -0.1) is 0 Å². The molecule has 0 radical (unpaired) electrons. The van der Waals surface area contributed by atoms with Crippen molar-refractivity contribution in [2.45, 2.75) is 79.8 Å². The highest BCUT2D eigenvalue weighted by atomic mass is 17.4. The Morgan fingerprint density at radius 3 is 1.74 bits per heavy atom. The van der Waals surface area contributed by atoms with Crippen molar-refractivity contribution in [3.63, 3.8) is 0 Å². The minimum atomic E-state index is -0.744. The number of carbonyl (C=O) groups is 1. The van der Waals surface area contributed by atoms with Crippen LogP contribution in [-0.2, 0) is 24.3 Å². The fourth-order valence-corrected chi connectivity index (χ4v) is 3.67. The van der Waals surface area contributed by atoms with Gasteiger partial charge in [0.15, 0.2) is 0 Å². The van der Waals surface area contributed by atoms with Crippen molar-refractivity contribution >= 4 is 5.97 Å². The van der Waals surface area contributed by atoms with E-state index in [0.717, 1.165) is 12.8 Å². The molecule has 0 amide bonds. The highest BCUT2D eigenvalue weighted by Crippen LogP contribution is 2.63. The second-order valence-electron chi connectivity index (χ2n) is 8.21. The van der Waals surface area contributed by atoms with E-state index >= 15 is 0 Å². The molecule has 0 saturated carbocycles. The van der Waals surface area contributed by atoms with Crippen LogP contribution in [0.15, 0.2) is 0 Å². The van der Waals surface area contributed by atoms with Gasteiger partial charge in [-0.05, 0) is 18.3 Å². The van der Waals surface area contributed by atoms with Crippen molar-refractivity contribution < 1.29 is 29.5 Å². The number of rotatable bonds is 10. The summed E-state index contributed by atoms with van der Waals surface area (Å²) in [7, 11) is 0. The molecular weight excluding hydrogens is 300 g/mol. The van der Waals surface area contributed by atoms with E-state index in [1.807, 2.05) is 0 Å². The molecule has 2 aliphatic rings. The van der Waals surface area contributed by atoms with Crippen LogP contribution in [-0.4, -0.2) is 23.7 Å². The summed E-state index contributed by atoms with van der Waals surface area (Å²) < 4.78 is 0. The van der Waals surface area contributed by atoms with Gasteiger partial charge in [-0.25, -0.2) is 0 Å². The Balaban J connectivity index is 2.30. The van der Waals surface area contributed by atoms with Crippen LogP contribution < -0.4 is 0 Å². The van der Waals surface area contributed by atoms with Gasteiger partial charge >= 0.3 is 5.97 Å².